The van der Waals surface area contributed by atoms with Gasteiger partial charge in [-0.1, -0.05) is 6.92 Å². The molecule has 0 N–H and O–H groups in total. The molecule has 1 aromatic carbocycles. The maximum absolute atomic E-state index is 12.3. The van der Waals surface area contributed by atoms with Crippen molar-refractivity contribution >= 4 is 5.78 Å². The third kappa shape index (κ3) is 2.89. The number of morpholine rings is 1. The van der Waals surface area contributed by atoms with Crippen LogP contribution in [0.25, 0.3) is 0 Å². The number of hydrogen-bond acceptors (Lipinski definition) is 4. The van der Waals surface area contributed by atoms with E-state index < -0.39 is 0 Å². The van der Waals surface area contributed by atoms with Crippen LogP contribution in [0.2, 0.25) is 0 Å². The van der Waals surface area contributed by atoms with Gasteiger partial charge in [0.05, 0.1) is 13.7 Å². The highest BCUT2D eigenvalue weighted by molar-refractivity contribution is 5.99. The molecule has 1 heterocycles. The van der Waals surface area contributed by atoms with Crippen LogP contribution in [0.3, 0.4) is 0 Å². The third-order valence-corrected chi connectivity index (χ3v) is 3.26. The number of carbonyl (C=O) groups is 1. The number of Topliss-reactive ketones (excluding diaryl/α,β-unsaturated/α-hetero) is 1. The van der Waals surface area contributed by atoms with Crippen molar-refractivity contribution in [1.82, 2.24) is 4.90 Å². The van der Waals surface area contributed by atoms with E-state index in [-0.39, 0.29) is 11.9 Å². The monoisotopic (exact) mass is 249 g/mol. The fourth-order valence-electron chi connectivity index (χ4n) is 2.09. The minimum absolute atomic E-state index is 0.0517. The molecule has 18 heavy (non-hydrogen) atoms. The molecule has 1 aliphatic heterocycles. The molecule has 4 nitrogen and oxygen atoms in total. The van der Waals surface area contributed by atoms with E-state index in [2.05, 4.69) is 11.8 Å². The van der Waals surface area contributed by atoms with Crippen molar-refractivity contribution in [2.75, 3.05) is 33.4 Å². The van der Waals surface area contributed by atoms with E-state index in [0.717, 1.165) is 18.8 Å². The van der Waals surface area contributed by atoms with Crippen LogP contribution in [-0.2, 0) is 4.74 Å². The number of carbonyl (C=O) groups excluding carboxylic acids is 1. The van der Waals surface area contributed by atoms with Crippen LogP contribution >= 0.6 is 0 Å². The van der Waals surface area contributed by atoms with Crippen LogP contribution in [0, 0.1) is 0 Å². The molecule has 0 bridgehead atoms. The summed E-state index contributed by atoms with van der Waals surface area (Å²) in [5.74, 6) is 0.808. The lowest BCUT2D eigenvalue weighted by molar-refractivity contribution is -0.0148. The zero-order valence-electron chi connectivity index (χ0n) is 10.9. The fourth-order valence-corrected chi connectivity index (χ4v) is 2.09. The highest BCUT2D eigenvalue weighted by atomic mass is 16.5. The minimum atomic E-state index is -0.341. The lowest BCUT2D eigenvalue weighted by atomic mass is 10.0. The Hall–Kier alpha value is -1.39. The molecule has 98 valence electrons. The van der Waals surface area contributed by atoms with Crippen LogP contribution in [-0.4, -0.2) is 50.1 Å². The maximum Gasteiger partial charge on any atom is 0.192 e. The van der Waals surface area contributed by atoms with E-state index in [1.165, 1.54) is 0 Å². The Morgan fingerprint density at radius 3 is 2.78 bits per heavy atom. The molecule has 4 heteroatoms. The number of methoxy groups -OCH3 is 1. The maximum atomic E-state index is 12.3. The standard InChI is InChI=1S/C14H19NO3/c1-3-15-8-9-18-13(10-15)14(16)11-4-6-12(17-2)7-5-11/h4-7,13H,3,8-10H2,1-2H3. The van der Waals surface area contributed by atoms with Crippen molar-refractivity contribution in [2.45, 2.75) is 13.0 Å². The molecule has 0 spiro atoms. The summed E-state index contributed by atoms with van der Waals surface area (Å²) in [5.41, 5.74) is 0.679. The predicted molar refractivity (Wildman–Crippen MR) is 69.2 cm³/mol. The molecule has 0 saturated carbocycles. The molecule has 0 radical (unpaired) electrons. The van der Waals surface area contributed by atoms with Crippen molar-refractivity contribution in [2.24, 2.45) is 0 Å². The molecule has 1 saturated heterocycles. The molecule has 0 aliphatic carbocycles. The van der Waals surface area contributed by atoms with Crippen molar-refractivity contribution in [3.05, 3.63) is 29.8 Å². The molecule has 1 atom stereocenters. The van der Waals surface area contributed by atoms with E-state index in [0.29, 0.717) is 18.7 Å². The van der Waals surface area contributed by atoms with Crippen molar-refractivity contribution in [3.63, 3.8) is 0 Å². The van der Waals surface area contributed by atoms with Crippen LogP contribution in [0.1, 0.15) is 17.3 Å². The number of likely N-dealkylation sites (N-methyl/N-ethyl adjacent to an activating group) is 1. The lowest BCUT2D eigenvalue weighted by Crippen LogP contribution is -2.45. The van der Waals surface area contributed by atoms with Crippen LogP contribution in [0.15, 0.2) is 24.3 Å². The average molecular weight is 249 g/mol. The van der Waals surface area contributed by atoms with E-state index in [1.807, 2.05) is 0 Å². The van der Waals surface area contributed by atoms with E-state index >= 15 is 0 Å². The van der Waals surface area contributed by atoms with Gasteiger partial charge in [0.15, 0.2) is 5.78 Å². The zero-order chi connectivity index (χ0) is 13.0. The third-order valence-electron chi connectivity index (χ3n) is 3.26. The largest absolute Gasteiger partial charge is 0.497 e. The molecule has 1 aliphatic rings. The number of ether oxygens (including phenoxy) is 2. The molecule has 2 rings (SSSR count). The first kappa shape index (κ1) is 13.1. The van der Waals surface area contributed by atoms with Gasteiger partial charge in [0.1, 0.15) is 11.9 Å². The normalized spacial score (nSPS) is 20.7. The Morgan fingerprint density at radius 2 is 2.17 bits per heavy atom. The summed E-state index contributed by atoms with van der Waals surface area (Å²) in [5, 5.41) is 0. The minimum Gasteiger partial charge on any atom is -0.497 e. The summed E-state index contributed by atoms with van der Waals surface area (Å²) >= 11 is 0. The molecule has 1 aromatic rings. The fraction of sp³-hybridized carbons (Fsp3) is 0.500. The predicted octanol–water partition coefficient (Wildman–Crippen LogP) is 1.60. The van der Waals surface area contributed by atoms with Crippen LogP contribution in [0.5, 0.6) is 5.75 Å². The average Bonchev–Trinajstić information content (AvgIpc) is 2.46. The number of hydrogen-bond donors (Lipinski definition) is 0. The van der Waals surface area contributed by atoms with Crippen LogP contribution in [0.4, 0.5) is 0 Å². The second-order valence-corrected chi connectivity index (χ2v) is 4.35. The summed E-state index contributed by atoms with van der Waals surface area (Å²) < 4.78 is 10.6. The molecule has 1 unspecified atom stereocenters. The first-order valence-electron chi connectivity index (χ1n) is 6.26. The summed E-state index contributed by atoms with van der Waals surface area (Å²) in [7, 11) is 1.61. The highest BCUT2D eigenvalue weighted by Gasteiger charge is 2.26. The molecular formula is C14H19NO3. The first-order valence-corrected chi connectivity index (χ1v) is 6.26. The van der Waals surface area contributed by atoms with E-state index in [4.69, 9.17) is 9.47 Å². The zero-order valence-corrected chi connectivity index (χ0v) is 10.9. The summed E-state index contributed by atoms with van der Waals surface area (Å²) in [4.78, 5) is 14.5. The van der Waals surface area contributed by atoms with Crippen molar-refractivity contribution in [1.29, 1.82) is 0 Å². The van der Waals surface area contributed by atoms with Gasteiger partial charge in [0.25, 0.3) is 0 Å². The van der Waals surface area contributed by atoms with Gasteiger partial charge >= 0.3 is 0 Å². The quantitative estimate of drug-likeness (QED) is 0.760. The Bertz CT molecular complexity index is 402. The summed E-state index contributed by atoms with van der Waals surface area (Å²) in [6.07, 6.45) is -0.341. The van der Waals surface area contributed by atoms with Gasteiger partial charge < -0.3 is 9.47 Å². The molecular weight excluding hydrogens is 230 g/mol. The first-order chi connectivity index (χ1) is 8.74. The summed E-state index contributed by atoms with van der Waals surface area (Å²) in [6, 6.07) is 7.17. The SMILES string of the molecule is CCN1CCOC(C(=O)c2ccc(OC)cc2)C1. The van der Waals surface area contributed by atoms with Gasteiger partial charge in [-0.2, -0.15) is 0 Å². The van der Waals surface area contributed by atoms with Gasteiger partial charge in [0, 0.05) is 18.7 Å². The van der Waals surface area contributed by atoms with Crippen molar-refractivity contribution in [3.8, 4) is 5.75 Å². The topological polar surface area (TPSA) is 38.8 Å². The second kappa shape index (κ2) is 5.98. The van der Waals surface area contributed by atoms with Gasteiger partial charge in [-0.15, -0.1) is 0 Å². The number of benzene rings is 1. The molecule has 1 fully saturated rings. The summed E-state index contributed by atoms with van der Waals surface area (Å²) in [6.45, 7) is 5.26. The van der Waals surface area contributed by atoms with Gasteiger partial charge in [-0.05, 0) is 30.8 Å². The Morgan fingerprint density at radius 1 is 1.44 bits per heavy atom. The second-order valence-electron chi connectivity index (χ2n) is 4.35. The van der Waals surface area contributed by atoms with Crippen LogP contribution < -0.4 is 4.74 Å². The highest BCUT2D eigenvalue weighted by Crippen LogP contribution is 2.15. The van der Waals surface area contributed by atoms with Gasteiger partial charge in [0.2, 0.25) is 0 Å². The van der Waals surface area contributed by atoms with E-state index in [9.17, 15) is 4.79 Å². The number of nitrogens with zero attached hydrogens (tertiary/aromatic N) is 1. The number of rotatable bonds is 4. The smallest absolute Gasteiger partial charge is 0.192 e. The van der Waals surface area contributed by atoms with E-state index in [1.54, 1.807) is 31.4 Å². The van der Waals surface area contributed by atoms with Gasteiger partial charge in [-0.3, -0.25) is 9.69 Å². The Balaban J connectivity index is 2.05. The Kier molecular flexibility index (Phi) is 4.33. The Labute approximate surface area is 107 Å². The lowest BCUT2D eigenvalue weighted by Gasteiger charge is -2.31. The molecule has 0 amide bonds. The van der Waals surface area contributed by atoms with Crippen molar-refractivity contribution < 1.29 is 14.3 Å². The van der Waals surface area contributed by atoms with Gasteiger partial charge in [-0.25, -0.2) is 0 Å². The number of ketones is 1. The molecule has 0 aromatic heterocycles.